The minimum absolute atomic E-state index is 0.267. The molecule has 1 aromatic heterocycles. The number of piperazine rings is 1. The van der Waals surface area contributed by atoms with E-state index in [1.165, 1.54) is 12.8 Å². The number of halogens is 1. The third-order valence-electron chi connectivity index (χ3n) is 4.31. The van der Waals surface area contributed by atoms with Gasteiger partial charge in [0.05, 0.1) is 0 Å². The van der Waals surface area contributed by atoms with Crippen LogP contribution in [0.2, 0.25) is 5.15 Å². The zero-order valence-corrected chi connectivity index (χ0v) is 15.9. The summed E-state index contributed by atoms with van der Waals surface area (Å²) >= 11 is 6.21. The molecule has 0 spiro atoms. The Balaban J connectivity index is 1.64. The lowest BCUT2D eigenvalue weighted by Gasteiger charge is -2.35. The number of anilines is 2. The molecule has 25 heavy (non-hydrogen) atoms. The molecule has 2 aliphatic rings. The second kappa shape index (κ2) is 7.23. The lowest BCUT2D eigenvalue weighted by molar-refractivity contribution is 0.0240. The Kier molecular flexibility index (Phi) is 5.22. The highest BCUT2D eigenvalue weighted by molar-refractivity contribution is 6.29. The van der Waals surface area contributed by atoms with Crippen LogP contribution in [-0.2, 0) is 4.74 Å². The number of carbonyl (C=O) groups excluding carboxylic acids is 1. The number of nitrogens with zero attached hydrogens (tertiary/aromatic N) is 5. The molecule has 2 saturated heterocycles. The summed E-state index contributed by atoms with van der Waals surface area (Å²) in [4.78, 5) is 27.3. The molecule has 0 unspecified atom stereocenters. The largest absolute Gasteiger partial charge is 0.444 e. The lowest BCUT2D eigenvalue weighted by Crippen LogP contribution is -2.50. The maximum Gasteiger partial charge on any atom is 0.410 e. The van der Waals surface area contributed by atoms with Crippen molar-refractivity contribution in [1.29, 1.82) is 0 Å². The number of hydrogen-bond donors (Lipinski definition) is 0. The third-order valence-corrected chi connectivity index (χ3v) is 4.51. The molecule has 3 rings (SSSR count). The molecule has 3 heterocycles. The van der Waals surface area contributed by atoms with Crippen molar-refractivity contribution in [2.24, 2.45) is 0 Å². The van der Waals surface area contributed by atoms with E-state index in [4.69, 9.17) is 21.3 Å². The summed E-state index contributed by atoms with van der Waals surface area (Å²) in [6.07, 6.45) is 2.11. The summed E-state index contributed by atoms with van der Waals surface area (Å²) in [6, 6.07) is 1.83. The van der Waals surface area contributed by atoms with Crippen LogP contribution in [0.4, 0.5) is 16.6 Å². The normalized spacial score (nSPS) is 18.6. The fourth-order valence-electron chi connectivity index (χ4n) is 3.06. The van der Waals surface area contributed by atoms with E-state index in [1.807, 2.05) is 26.8 Å². The predicted octanol–water partition coefficient (Wildman–Crippen LogP) is 2.79. The highest BCUT2D eigenvalue weighted by Gasteiger charge is 2.27. The van der Waals surface area contributed by atoms with Crippen LogP contribution in [0.1, 0.15) is 33.6 Å². The summed E-state index contributed by atoms with van der Waals surface area (Å²) in [6.45, 7) is 10.2. The molecule has 1 amide bonds. The van der Waals surface area contributed by atoms with Crippen molar-refractivity contribution in [3.63, 3.8) is 0 Å². The van der Waals surface area contributed by atoms with Gasteiger partial charge in [0.25, 0.3) is 0 Å². The molecule has 138 valence electrons. The van der Waals surface area contributed by atoms with Crippen LogP contribution < -0.4 is 9.80 Å². The minimum Gasteiger partial charge on any atom is -0.444 e. The Morgan fingerprint density at radius 1 is 1.04 bits per heavy atom. The number of ether oxygens (including phenoxy) is 1. The predicted molar refractivity (Wildman–Crippen MR) is 98.5 cm³/mol. The van der Waals surface area contributed by atoms with Crippen molar-refractivity contribution in [2.75, 3.05) is 49.1 Å². The van der Waals surface area contributed by atoms with Gasteiger partial charge in [0, 0.05) is 45.3 Å². The van der Waals surface area contributed by atoms with Crippen molar-refractivity contribution in [3.05, 3.63) is 11.2 Å². The number of aromatic nitrogens is 2. The van der Waals surface area contributed by atoms with E-state index in [9.17, 15) is 4.79 Å². The zero-order chi connectivity index (χ0) is 18.0. The highest BCUT2D eigenvalue weighted by atomic mass is 35.5. The van der Waals surface area contributed by atoms with E-state index in [1.54, 1.807) is 4.90 Å². The van der Waals surface area contributed by atoms with Gasteiger partial charge in [0.2, 0.25) is 5.95 Å². The average Bonchev–Trinajstić information content (AvgIpc) is 3.07. The quantitative estimate of drug-likeness (QED) is 0.749. The Morgan fingerprint density at radius 2 is 1.68 bits per heavy atom. The second-order valence-corrected chi connectivity index (χ2v) is 7.88. The van der Waals surface area contributed by atoms with Crippen LogP contribution in [0.3, 0.4) is 0 Å². The van der Waals surface area contributed by atoms with Crippen LogP contribution in [0, 0.1) is 0 Å². The molecule has 0 saturated carbocycles. The molecule has 1 aromatic rings. The molecular weight excluding hydrogens is 342 g/mol. The van der Waals surface area contributed by atoms with Gasteiger partial charge in [-0.3, -0.25) is 0 Å². The fraction of sp³-hybridized carbons (Fsp3) is 0.706. The van der Waals surface area contributed by atoms with Crippen LogP contribution in [0.15, 0.2) is 6.07 Å². The summed E-state index contributed by atoms with van der Waals surface area (Å²) in [5.74, 6) is 1.53. The van der Waals surface area contributed by atoms with Crippen LogP contribution >= 0.6 is 11.6 Å². The van der Waals surface area contributed by atoms with E-state index in [0.29, 0.717) is 37.3 Å². The van der Waals surface area contributed by atoms with Gasteiger partial charge in [0.15, 0.2) is 0 Å². The summed E-state index contributed by atoms with van der Waals surface area (Å²) < 4.78 is 5.43. The Hall–Kier alpha value is -1.76. The van der Waals surface area contributed by atoms with Crippen molar-refractivity contribution < 1.29 is 9.53 Å². The smallest absolute Gasteiger partial charge is 0.410 e. The van der Waals surface area contributed by atoms with Crippen LogP contribution in [0.25, 0.3) is 0 Å². The molecule has 0 N–H and O–H groups in total. The van der Waals surface area contributed by atoms with E-state index < -0.39 is 5.60 Å². The maximum atomic E-state index is 12.2. The van der Waals surface area contributed by atoms with Crippen molar-refractivity contribution in [1.82, 2.24) is 14.9 Å². The summed E-state index contributed by atoms with van der Waals surface area (Å²) in [5.41, 5.74) is -0.477. The highest BCUT2D eigenvalue weighted by Crippen LogP contribution is 2.24. The first-order valence-corrected chi connectivity index (χ1v) is 9.22. The van der Waals surface area contributed by atoms with Crippen LogP contribution in [-0.4, -0.2) is 65.8 Å². The van der Waals surface area contributed by atoms with Gasteiger partial charge < -0.3 is 19.4 Å². The number of rotatable bonds is 2. The molecule has 2 fully saturated rings. The number of hydrogen-bond acceptors (Lipinski definition) is 6. The van der Waals surface area contributed by atoms with Crippen molar-refractivity contribution in [2.45, 2.75) is 39.2 Å². The van der Waals surface area contributed by atoms with Crippen molar-refractivity contribution >= 4 is 29.5 Å². The monoisotopic (exact) mass is 367 g/mol. The Bertz CT molecular complexity index is 620. The second-order valence-electron chi connectivity index (χ2n) is 7.50. The molecule has 8 heteroatoms. The Labute approximate surface area is 153 Å². The molecule has 0 bridgehead atoms. The number of carbonyl (C=O) groups is 1. The van der Waals surface area contributed by atoms with E-state index in [0.717, 1.165) is 18.9 Å². The lowest BCUT2D eigenvalue weighted by atomic mass is 10.2. The van der Waals surface area contributed by atoms with Gasteiger partial charge in [-0.05, 0) is 33.6 Å². The fourth-order valence-corrected chi connectivity index (χ4v) is 3.23. The maximum absolute atomic E-state index is 12.2. The first-order valence-electron chi connectivity index (χ1n) is 8.84. The Morgan fingerprint density at radius 3 is 2.28 bits per heavy atom. The van der Waals surface area contributed by atoms with Gasteiger partial charge in [0.1, 0.15) is 16.6 Å². The molecular formula is C17H26ClN5O2. The van der Waals surface area contributed by atoms with Gasteiger partial charge >= 0.3 is 6.09 Å². The number of amides is 1. The zero-order valence-electron chi connectivity index (χ0n) is 15.2. The van der Waals surface area contributed by atoms with Crippen LogP contribution in [0.5, 0.6) is 0 Å². The first kappa shape index (κ1) is 18.0. The van der Waals surface area contributed by atoms with E-state index in [2.05, 4.69) is 14.8 Å². The van der Waals surface area contributed by atoms with Gasteiger partial charge in [-0.15, -0.1) is 0 Å². The third kappa shape index (κ3) is 4.66. The minimum atomic E-state index is -0.477. The molecule has 2 aliphatic heterocycles. The molecule has 0 radical (unpaired) electrons. The summed E-state index contributed by atoms with van der Waals surface area (Å²) in [7, 11) is 0. The van der Waals surface area contributed by atoms with E-state index in [-0.39, 0.29) is 6.09 Å². The summed E-state index contributed by atoms with van der Waals surface area (Å²) in [5, 5.41) is 0.460. The van der Waals surface area contributed by atoms with E-state index >= 15 is 0 Å². The van der Waals surface area contributed by atoms with Gasteiger partial charge in [-0.2, -0.15) is 4.98 Å². The molecule has 7 nitrogen and oxygen atoms in total. The molecule has 0 aromatic carbocycles. The first-order chi connectivity index (χ1) is 11.8. The SMILES string of the molecule is CC(C)(C)OC(=O)N1CCN(c2nc(Cl)cc(N3CCCC3)n2)CC1. The molecule has 0 atom stereocenters. The topological polar surface area (TPSA) is 61.8 Å². The van der Waals surface area contributed by atoms with Crippen molar-refractivity contribution in [3.8, 4) is 0 Å². The van der Waals surface area contributed by atoms with Gasteiger partial charge in [-0.1, -0.05) is 11.6 Å². The van der Waals surface area contributed by atoms with Gasteiger partial charge in [-0.25, -0.2) is 9.78 Å². The average molecular weight is 368 g/mol. The molecule has 0 aliphatic carbocycles. The standard InChI is InChI=1S/C17H26ClN5O2/c1-17(2,3)25-16(24)23-10-8-22(9-11-23)15-19-13(18)12-14(20-15)21-6-4-5-7-21/h12H,4-11H2,1-3H3.